The molecule has 1 saturated heterocycles. The maximum atomic E-state index is 14.4. The number of hydrogen-bond donors (Lipinski definition) is 4. The second kappa shape index (κ2) is 12.4. The Labute approximate surface area is 264 Å². The van der Waals surface area contributed by atoms with Crippen molar-refractivity contribution in [1.29, 1.82) is 0 Å². The third-order valence-electron chi connectivity index (χ3n) is 9.32. The van der Waals surface area contributed by atoms with E-state index in [9.17, 15) is 24.0 Å². The highest BCUT2D eigenvalue weighted by Gasteiger charge is 2.61. The van der Waals surface area contributed by atoms with Crippen LogP contribution in [0.25, 0.3) is 0 Å². The number of amides is 4. The van der Waals surface area contributed by atoms with Crippen LogP contribution < -0.4 is 21.7 Å². The van der Waals surface area contributed by atoms with Gasteiger partial charge in [-0.1, -0.05) is 53.9 Å². The Kier molecular flexibility index (Phi) is 9.55. The predicted molar refractivity (Wildman–Crippen MR) is 170 cm³/mol. The van der Waals surface area contributed by atoms with E-state index in [2.05, 4.69) is 34.8 Å². The largest absolute Gasteiger partial charge is 0.363 e. The smallest absolute Gasteiger partial charge is 0.287 e. The molecule has 5 N–H and O–H groups in total. The van der Waals surface area contributed by atoms with Crippen molar-refractivity contribution in [3.05, 3.63) is 11.1 Å². The first-order valence-corrected chi connectivity index (χ1v) is 16.6. The molecular formula is C32H50N6O5S. The maximum absolute atomic E-state index is 14.4. The standard InChI is InChI=1S/C32H50N6O5S/c1-30(2,3)25(36-29-34-19(16-44-29)13-21(39)37-31(4,5)6)28(43)38-15-18-14-32(7,8)22(18)23(38)27(42)35-20(24(40)26(33)41)12-17-10-9-11-17/h16-18,20,22-23,25H,9-15H2,1-8H3,(H2,33,41)(H,34,36)(H,35,42)(H,37,39)/t18?,20?,22?,23?,25-/m1/s1. The third-order valence-corrected chi connectivity index (χ3v) is 10.1. The SMILES string of the molecule is CC(C)(C)NC(=O)Cc1csc(N[C@H](C(=O)N2CC3CC(C)(C)C3C2C(=O)NC(CC2CCC2)C(=O)C(N)=O)C(C)(C)C)n1. The van der Waals surface area contributed by atoms with Crippen LogP contribution >= 0.6 is 11.3 Å². The zero-order valence-corrected chi connectivity index (χ0v) is 28.2. The first-order chi connectivity index (χ1) is 20.3. The first-order valence-electron chi connectivity index (χ1n) is 15.7. The average Bonchev–Trinajstić information content (AvgIpc) is 3.43. The fourth-order valence-corrected chi connectivity index (χ4v) is 7.85. The van der Waals surface area contributed by atoms with Crippen LogP contribution in [0.2, 0.25) is 0 Å². The molecule has 0 aromatic carbocycles. The van der Waals surface area contributed by atoms with Gasteiger partial charge in [-0.05, 0) is 62.2 Å². The minimum Gasteiger partial charge on any atom is -0.363 e. The summed E-state index contributed by atoms with van der Waals surface area (Å²) in [6.45, 7) is 16.3. The molecule has 12 heteroatoms. The lowest BCUT2D eigenvalue weighted by Gasteiger charge is -2.49. The highest BCUT2D eigenvalue weighted by molar-refractivity contribution is 7.13. The lowest BCUT2D eigenvalue weighted by atomic mass is 9.55. The number of anilines is 1. The van der Waals surface area contributed by atoms with Gasteiger partial charge in [-0.2, -0.15) is 0 Å². The molecule has 4 amide bonds. The number of thiazole rings is 1. The molecule has 2 heterocycles. The van der Waals surface area contributed by atoms with Gasteiger partial charge in [0, 0.05) is 17.5 Å². The fourth-order valence-electron chi connectivity index (χ4n) is 7.11. The molecular weight excluding hydrogens is 580 g/mol. The lowest BCUT2D eigenvalue weighted by Crippen LogP contribution is -2.60. The van der Waals surface area contributed by atoms with Crippen LogP contribution in [-0.2, 0) is 30.4 Å². The van der Waals surface area contributed by atoms with Crippen LogP contribution in [0.5, 0.6) is 0 Å². The summed E-state index contributed by atoms with van der Waals surface area (Å²) in [5.41, 5.74) is 4.90. The van der Waals surface area contributed by atoms with Crippen molar-refractivity contribution in [2.45, 2.75) is 118 Å². The van der Waals surface area contributed by atoms with Gasteiger partial charge in [0.1, 0.15) is 12.1 Å². The summed E-state index contributed by atoms with van der Waals surface area (Å²) in [7, 11) is 0. The number of nitrogens with two attached hydrogens (primary N) is 1. The van der Waals surface area contributed by atoms with Crippen LogP contribution in [-0.4, -0.2) is 69.5 Å². The van der Waals surface area contributed by atoms with Gasteiger partial charge in [0.05, 0.1) is 18.2 Å². The lowest BCUT2D eigenvalue weighted by molar-refractivity contribution is -0.145. The Morgan fingerprint density at radius 3 is 2.30 bits per heavy atom. The number of hydrogen-bond acceptors (Lipinski definition) is 8. The van der Waals surface area contributed by atoms with Crippen LogP contribution in [0.4, 0.5) is 5.13 Å². The molecule has 4 rings (SSSR count). The molecule has 2 saturated carbocycles. The van der Waals surface area contributed by atoms with E-state index in [4.69, 9.17) is 5.73 Å². The Balaban J connectivity index is 1.55. The molecule has 2 aliphatic carbocycles. The van der Waals surface area contributed by atoms with Gasteiger partial charge < -0.3 is 26.6 Å². The second-order valence-electron chi connectivity index (χ2n) is 15.8. The molecule has 1 aromatic heterocycles. The van der Waals surface area contributed by atoms with Gasteiger partial charge in [-0.25, -0.2) is 4.98 Å². The van der Waals surface area contributed by atoms with E-state index in [1.807, 2.05) is 46.9 Å². The normalized spacial score (nSPS) is 24.3. The van der Waals surface area contributed by atoms with Gasteiger partial charge in [-0.15, -0.1) is 11.3 Å². The van der Waals surface area contributed by atoms with Crippen LogP contribution in [0.3, 0.4) is 0 Å². The number of Topliss-reactive ketones (excluding diaryl/α,β-unsaturated/α-hetero) is 1. The predicted octanol–water partition coefficient (Wildman–Crippen LogP) is 3.03. The fraction of sp³-hybridized carbons (Fsp3) is 0.750. The van der Waals surface area contributed by atoms with Gasteiger partial charge in [0.15, 0.2) is 5.13 Å². The molecule has 5 atom stereocenters. The van der Waals surface area contributed by atoms with Crippen molar-refractivity contribution in [2.24, 2.45) is 34.3 Å². The van der Waals surface area contributed by atoms with E-state index < -0.39 is 41.1 Å². The Bertz CT molecular complexity index is 1290. The van der Waals surface area contributed by atoms with E-state index >= 15 is 0 Å². The molecule has 44 heavy (non-hydrogen) atoms. The average molecular weight is 631 g/mol. The van der Waals surface area contributed by atoms with E-state index in [0.717, 1.165) is 25.7 Å². The molecule has 0 spiro atoms. The summed E-state index contributed by atoms with van der Waals surface area (Å²) in [5, 5.41) is 11.4. The number of carbonyl (C=O) groups excluding carboxylic acids is 5. The number of primary amides is 1. The zero-order chi connectivity index (χ0) is 32.8. The molecule has 1 aromatic rings. The van der Waals surface area contributed by atoms with Crippen molar-refractivity contribution in [2.75, 3.05) is 11.9 Å². The Hall–Kier alpha value is -3.02. The minimum absolute atomic E-state index is 0.0760. The number of aromatic nitrogens is 1. The van der Waals surface area contributed by atoms with Crippen molar-refractivity contribution in [3.8, 4) is 0 Å². The monoisotopic (exact) mass is 630 g/mol. The molecule has 0 bridgehead atoms. The molecule has 244 valence electrons. The second-order valence-corrected chi connectivity index (χ2v) is 16.7. The van der Waals surface area contributed by atoms with Crippen LogP contribution in [0, 0.1) is 28.6 Å². The van der Waals surface area contributed by atoms with Crippen LogP contribution in [0.15, 0.2) is 5.38 Å². The number of carbonyl (C=O) groups is 5. The minimum atomic E-state index is -1.06. The van der Waals surface area contributed by atoms with Crippen molar-refractivity contribution < 1.29 is 24.0 Å². The molecule has 11 nitrogen and oxygen atoms in total. The summed E-state index contributed by atoms with van der Waals surface area (Å²) in [4.78, 5) is 71.7. The summed E-state index contributed by atoms with van der Waals surface area (Å²) in [5.74, 6) is -2.28. The van der Waals surface area contributed by atoms with Crippen molar-refractivity contribution >= 4 is 45.9 Å². The highest BCUT2D eigenvalue weighted by atomic mass is 32.1. The number of likely N-dealkylation sites (tertiary alicyclic amines) is 1. The molecule has 0 radical (unpaired) electrons. The topological polar surface area (TPSA) is 164 Å². The van der Waals surface area contributed by atoms with Crippen molar-refractivity contribution in [1.82, 2.24) is 20.5 Å². The number of nitrogens with zero attached hydrogens (tertiary/aromatic N) is 2. The number of nitrogens with one attached hydrogen (secondary N) is 3. The van der Waals surface area contributed by atoms with E-state index in [1.54, 1.807) is 4.90 Å². The number of ketones is 1. The van der Waals surface area contributed by atoms with Crippen LogP contribution in [0.1, 0.15) is 93.2 Å². The van der Waals surface area contributed by atoms with E-state index in [0.29, 0.717) is 23.8 Å². The molecule has 4 unspecified atom stereocenters. The summed E-state index contributed by atoms with van der Waals surface area (Å²) in [6.07, 6.45) is 4.34. The number of fused-ring (bicyclic) bond motifs is 1. The third kappa shape index (κ3) is 7.61. The molecule has 1 aliphatic heterocycles. The van der Waals surface area contributed by atoms with Gasteiger partial charge in [0.25, 0.3) is 5.91 Å². The Morgan fingerprint density at radius 2 is 1.77 bits per heavy atom. The summed E-state index contributed by atoms with van der Waals surface area (Å²) < 4.78 is 0. The first kappa shape index (κ1) is 33.9. The highest BCUT2D eigenvalue weighted by Crippen LogP contribution is 2.57. The molecule has 3 aliphatic rings. The zero-order valence-electron chi connectivity index (χ0n) is 27.4. The molecule has 3 fully saturated rings. The maximum Gasteiger partial charge on any atom is 0.287 e. The number of rotatable bonds is 11. The summed E-state index contributed by atoms with van der Waals surface area (Å²) in [6, 6.07) is -2.48. The van der Waals surface area contributed by atoms with E-state index in [-0.39, 0.29) is 46.9 Å². The van der Waals surface area contributed by atoms with Gasteiger partial charge >= 0.3 is 0 Å². The quantitative estimate of drug-likeness (QED) is 0.273. The van der Waals surface area contributed by atoms with Gasteiger partial charge in [0.2, 0.25) is 23.5 Å². The Morgan fingerprint density at radius 1 is 1.11 bits per heavy atom. The van der Waals surface area contributed by atoms with E-state index in [1.165, 1.54) is 11.3 Å². The summed E-state index contributed by atoms with van der Waals surface area (Å²) >= 11 is 1.33. The van der Waals surface area contributed by atoms with Gasteiger partial charge in [-0.3, -0.25) is 24.0 Å². The van der Waals surface area contributed by atoms with Crippen molar-refractivity contribution in [3.63, 3.8) is 0 Å².